The zero-order valence-electron chi connectivity index (χ0n) is 12.5. The summed E-state index contributed by atoms with van der Waals surface area (Å²) in [5.74, 6) is 1.70. The normalized spacial score (nSPS) is 10.2. The van der Waals surface area contributed by atoms with Gasteiger partial charge in [-0.1, -0.05) is 18.2 Å². The maximum Gasteiger partial charge on any atom is 0.121 e. The Kier molecular flexibility index (Phi) is 5.91. The van der Waals surface area contributed by atoms with Gasteiger partial charge in [0.2, 0.25) is 0 Å². The SMILES string of the molecule is COCCOc1cccc(NCc2cccc(OC)c2)c1. The van der Waals surface area contributed by atoms with Crippen molar-refractivity contribution in [2.75, 3.05) is 32.8 Å². The Balaban J connectivity index is 1.91. The second-order valence-corrected chi connectivity index (χ2v) is 4.57. The Bertz CT molecular complexity index is 557. The average Bonchev–Trinajstić information content (AvgIpc) is 2.54. The van der Waals surface area contributed by atoms with Crippen LogP contribution in [0.3, 0.4) is 0 Å². The molecule has 2 aromatic rings. The molecule has 0 atom stereocenters. The number of anilines is 1. The van der Waals surface area contributed by atoms with Gasteiger partial charge in [0.05, 0.1) is 13.7 Å². The Morgan fingerprint density at radius 1 is 0.905 bits per heavy atom. The van der Waals surface area contributed by atoms with E-state index in [2.05, 4.69) is 11.4 Å². The van der Waals surface area contributed by atoms with Crippen molar-refractivity contribution < 1.29 is 14.2 Å². The summed E-state index contributed by atoms with van der Waals surface area (Å²) in [4.78, 5) is 0. The van der Waals surface area contributed by atoms with Crippen molar-refractivity contribution in [1.29, 1.82) is 0 Å². The van der Waals surface area contributed by atoms with Crippen LogP contribution in [0.5, 0.6) is 11.5 Å². The van der Waals surface area contributed by atoms with E-state index in [9.17, 15) is 0 Å². The Morgan fingerprint density at radius 2 is 1.71 bits per heavy atom. The lowest BCUT2D eigenvalue weighted by atomic mass is 10.2. The van der Waals surface area contributed by atoms with E-state index in [1.54, 1.807) is 14.2 Å². The van der Waals surface area contributed by atoms with Crippen molar-refractivity contribution in [1.82, 2.24) is 0 Å². The van der Waals surface area contributed by atoms with Crippen LogP contribution < -0.4 is 14.8 Å². The average molecular weight is 287 g/mol. The Morgan fingerprint density at radius 3 is 2.52 bits per heavy atom. The van der Waals surface area contributed by atoms with E-state index in [1.807, 2.05) is 42.5 Å². The maximum absolute atomic E-state index is 5.59. The van der Waals surface area contributed by atoms with Gasteiger partial charge in [0.25, 0.3) is 0 Å². The molecule has 2 aromatic carbocycles. The fraction of sp³-hybridized carbons (Fsp3) is 0.294. The lowest BCUT2D eigenvalue weighted by Crippen LogP contribution is -2.05. The molecule has 0 amide bonds. The van der Waals surface area contributed by atoms with E-state index in [4.69, 9.17) is 14.2 Å². The van der Waals surface area contributed by atoms with Gasteiger partial charge in [-0.2, -0.15) is 0 Å². The third-order valence-corrected chi connectivity index (χ3v) is 3.02. The summed E-state index contributed by atoms with van der Waals surface area (Å²) in [6.07, 6.45) is 0. The largest absolute Gasteiger partial charge is 0.497 e. The highest BCUT2D eigenvalue weighted by Crippen LogP contribution is 2.19. The van der Waals surface area contributed by atoms with Crippen molar-refractivity contribution in [2.45, 2.75) is 6.54 Å². The molecular weight excluding hydrogens is 266 g/mol. The molecule has 1 N–H and O–H groups in total. The molecule has 0 bridgehead atoms. The number of hydrogen-bond donors (Lipinski definition) is 1. The van der Waals surface area contributed by atoms with E-state index < -0.39 is 0 Å². The molecule has 0 spiro atoms. The zero-order valence-corrected chi connectivity index (χ0v) is 12.5. The fourth-order valence-electron chi connectivity index (χ4n) is 1.93. The van der Waals surface area contributed by atoms with Crippen LogP contribution in [0.25, 0.3) is 0 Å². The molecule has 2 rings (SSSR count). The topological polar surface area (TPSA) is 39.7 Å². The highest BCUT2D eigenvalue weighted by molar-refractivity contribution is 5.48. The van der Waals surface area contributed by atoms with Gasteiger partial charge >= 0.3 is 0 Å². The summed E-state index contributed by atoms with van der Waals surface area (Å²) in [6.45, 7) is 1.87. The number of nitrogens with one attached hydrogen (secondary N) is 1. The van der Waals surface area contributed by atoms with E-state index in [1.165, 1.54) is 5.56 Å². The highest BCUT2D eigenvalue weighted by Gasteiger charge is 1.99. The first-order chi connectivity index (χ1) is 10.3. The smallest absolute Gasteiger partial charge is 0.121 e. The van der Waals surface area contributed by atoms with Gasteiger partial charge in [-0.15, -0.1) is 0 Å². The monoisotopic (exact) mass is 287 g/mol. The number of rotatable bonds is 8. The fourth-order valence-corrected chi connectivity index (χ4v) is 1.93. The third kappa shape index (κ3) is 5.00. The summed E-state index contributed by atoms with van der Waals surface area (Å²) < 4.78 is 15.8. The van der Waals surface area contributed by atoms with E-state index in [0.717, 1.165) is 23.7 Å². The van der Waals surface area contributed by atoms with Gasteiger partial charge in [0.1, 0.15) is 18.1 Å². The van der Waals surface area contributed by atoms with Crippen LogP contribution in [0.2, 0.25) is 0 Å². The molecule has 0 unspecified atom stereocenters. The first kappa shape index (κ1) is 15.2. The number of methoxy groups -OCH3 is 2. The summed E-state index contributed by atoms with van der Waals surface area (Å²) in [6, 6.07) is 15.9. The second kappa shape index (κ2) is 8.17. The lowest BCUT2D eigenvalue weighted by Gasteiger charge is -2.10. The van der Waals surface area contributed by atoms with Gasteiger partial charge in [-0.3, -0.25) is 0 Å². The van der Waals surface area contributed by atoms with E-state index >= 15 is 0 Å². The first-order valence-electron chi connectivity index (χ1n) is 6.90. The van der Waals surface area contributed by atoms with Crippen LogP contribution in [0.4, 0.5) is 5.69 Å². The second-order valence-electron chi connectivity index (χ2n) is 4.57. The molecule has 21 heavy (non-hydrogen) atoms. The van der Waals surface area contributed by atoms with Crippen molar-refractivity contribution in [3.05, 3.63) is 54.1 Å². The van der Waals surface area contributed by atoms with Gasteiger partial charge in [-0.25, -0.2) is 0 Å². The molecule has 0 radical (unpaired) electrons. The van der Waals surface area contributed by atoms with Gasteiger partial charge in [0, 0.05) is 25.4 Å². The van der Waals surface area contributed by atoms with Crippen LogP contribution in [0.15, 0.2) is 48.5 Å². The number of hydrogen-bond acceptors (Lipinski definition) is 4. The summed E-state index contributed by atoms with van der Waals surface area (Å²) in [5, 5.41) is 3.38. The van der Waals surface area contributed by atoms with Crippen molar-refractivity contribution >= 4 is 5.69 Å². The lowest BCUT2D eigenvalue weighted by molar-refractivity contribution is 0.146. The maximum atomic E-state index is 5.59. The minimum Gasteiger partial charge on any atom is -0.497 e. The van der Waals surface area contributed by atoms with Crippen LogP contribution in [-0.4, -0.2) is 27.4 Å². The molecular formula is C17H21NO3. The van der Waals surface area contributed by atoms with Crippen LogP contribution in [0.1, 0.15) is 5.56 Å². The Labute approximate surface area is 125 Å². The predicted octanol–water partition coefficient (Wildman–Crippen LogP) is 3.33. The molecule has 4 nitrogen and oxygen atoms in total. The van der Waals surface area contributed by atoms with Crippen LogP contribution in [0, 0.1) is 0 Å². The molecule has 0 saturated heterocycles. The Hall–Kier alpha value is -2.20. The van der Waals surface area contributed by atoms with Gasteiger partial charge in [-0.05, 0) is 29.8 Å². The molecule has 0 aliphatic carbocycles. The quantitative estimate of drug-likeness (QED) is 0.756. The molecule has 0 heterocycles. The molecule has 4 heteroatoms. The van der Waals surface area contributed by atoms with E-state index in [0.29, 0.717) is 13.2 Å². The first-order valence-corrected chi connectivity index (χ1v) is 6.90. The summed E-state index contributed by atoms with van der Waals surface area (Å²) in [7, 11) is 3.34. The zero-order chi connectivity index (χ0) is 14.9. The molecule has 0 aliphatic rings. The van der Waals surface area contributed by atoms with Gasteiger partial charge in [0.15, 0.2) is 0 Å². The summed E-state index contributed by atoms with van der Waals surface area (Å²) in [5.41, 5.74) is 2.19. The predicted molar refractivity (Wildman–Crippen MR) is 84.1 cm³/mol. The number of benzene rings is 2. The minimum atomic E-state index is 0.551. The molecule has 0 aliphatic heterocycles. The van der Waals surface area contributed by atoms with Crippen molar-refractivity contribution in [3.63, 3.8) is 0 Å². The van der Waals surface area contributed by atoms with Crippen molar-refractivity contribution in [2.24, 2.45) is 0 Å². The molecule has 0 aromatic heterocycles. The number of ether oxygens (including phenoxy) is 3. The minimum absolute atomic E-state index is 0.551. The summed E-state index contributed by atoms with van der Waals surface area (Å²) >= 11 is 0. The third-order valence-electron chi connectivity index (χ3n) is 3.02. The van der Waals surface area contributed by atoms with Gasteiger partial charge < -0.3 is 19.5 Å². The molecule has 112 valence electrons. The van der Waals surface area contributed by atoms with Crippen LogP contribution in [-0.2, 0) is 11.3 Å². The highest BCUT2D eigenvalue weighted by atomic mass is 16.5. The molecule has 0 fully saturated rings. The van der Waals surface area contributed by atoms with Crippen LogP contribution >= 0.6 is 0 Å². The van der Waals surface area contributed by atoms with Crippen molar-refractivity contribution in [3.8, 4) is 11.5 Å². The van der Waals surface area contributed by atoms with E-state index in [-0.39, 0.29) is 0 Å². The standard InChI is InChI=1S/C17H21NO3/c1-19-9-10-21-17-8-4-6-15(12-17)18-13-14-5-3-7-16(11-14)20-2/h3-8,11-12,18H,9-10,13H2,1-2H3. The molecule has 0 saturated carbocycles.